The highest BCUT2D eigenvalue weighted by Crippen LogP contribution is 2.34. The normalized spacial score (nSPS) is 17.6. The quantitative estimate of drug-likeness (QED) is 0.238. The maximum absolute atomic E-state index is 13.4. The topological polar surface area (TPSA) is 88.0 Å². The first-order chi connectivity index (χ1) is 21.9. The number of hydrogen-bond acceptors (Lipinski definition) is 6. The summed E-state index contributed by atoms with van der Waals surface area (Å²) in [4.78, 5) is 16.8. The molecule has 0 radical (unpaired) electrons. The van der Waals surface area contributed by atoms with Crippen molar-refractivity contribution < 1.29 is 17.9 Å². The fraction of sp³-hybridized carbons (Fsp3) is 0.444. The smallest absolute Gasteiger partial charge is 0.410 e. The summed E-state index contributed by atoms with van der Waals surface area (Å²) in [6.45, 7) is 8.15. The van der Waals surface area contributed by atoms with Gasteiger partial charge in [0.1, 0.15) is 5.60 Å². The molecule has 244 valence electrons. The first kappa shape index (κ1) is 32.2. The van der Waals surface area contributed by atoms with Crippen LogP contribution in [0, 0.1) is 0 Å². The standard InChI is InChI=1S/C36H45N5O4S/c1-36(2,3)45-35(42)39-21-17-27(18-22-39)26-9-11-28(12-10-26)32-7-6-8-34-33(32)25-37-41(34)30-13-15-31(16-14-30)46(43,44)40-23-19-29(20-24-40)38(4)5/h6-16,25,27,29H,17-24H2,1-5H3. The monoisotopic (exact) mass is 643 g/mol. The lowest BCUT2D eigenvalue weighted by Crippen LogP contribution is -2.44. The molecule has 0 saturated carbocycles. The lowest BCUT2D eigenvalue weighted by atomic mass is 9.88. The number of amides is 1. The van der Waals surface area contributed by atoms with E-state index in [9.17, 15) is 13.2 Å². The van der Waals surface area contributed by atoms with E-state index in [4.69, 9.17) is 9.84 Å². The summed E-state index contributed by atoms with van der Waals surface area (Å²) in [6, 6.07) is 22.4. The van der Waals surface area contributed by atoms with E-state index in [1.165, 1.54) is 5.56 Å². The van der Waals surface area contributed by atoms with Gasteiger partial charge in [0, 0.05) is 37.6 Å². The molecule has 0 aliphatic carbocycles. The molecule has 1 amide bonds. The third-order valence-electron chi connectivity index (χ3n) is 9.33. The van der Waals surface area contributed by atoms with Gasteiger partial charge in [0.05, 0.1) is 22.3 Å². The Morgan fingerprint density at radius 1 is 0.870 bits per heavy atom. The zero-order valence-electron chi connectivity index (χ0n) is 27.5. The number of likely N-dealkylation sites (tertiary alicyclic amines) is 1. The van der Waals surface area contributed by atoms with Crippen LogP contribution >= 0.6 is 0 Å². The first-order valence-corrected chi connectivity index (χ1v) is 17.7. The summed E-state index contributed by atoms with van der Waals surface area (Å²) < 4.78 is 35.7. The Labute approximate surface area is 272 Å². The molecule has 0 spiro atoms. The minimum Gasteiger partial charge on any atom is -0.444 e. The van der Waals surface area contributed by atoms with Gasteiger partial charge in [-0.25, -0.2) is 17.9 Å². The average molecular weight is 644 g/mol. The van der Waals surface area contributed by atoms with Gasteiger partial charge in [0.15, 0.2) is 0 Å². The number of nitrogens with zero attached hydrogens (tertiary/aromatic N) is 5. The largest absolute Gasteiger partial charge is 0.444 e. The molecular weight excluding hydrogens is 598 g/mol. The molecule has 2 saturated heterocycles. The number of ether oxygens (including phenoxy) is 1. The molecule has 6 rings (SSSR count). The summed E-state index contributed by atoms with van der Waals surface area (Å²) >= 11 is 0. The van der Waals surface area contributed by atoms with E-state index >= 15 is 0 Å². The van der Waals surface area contributed by atoms with E-state index in [0.717, 1.165) is 53.4 Å². The third-order valence-corrected chi connectivity index (χ3v) is 11.2. The fourth-order valence-corrected chi connectivity index (χ4v) is 8.14. The van der Waals surface area contributed by atoms with Crippen LogP contribution in [0.15, 0.2) is 77.8 Å². The summed E-state index contributed by atoms with van der Waals surface area (Å²) in [7, 11) is 0.553. The van der Waals surface area contributed by atoms with Crippen LogP contribution in [0.5, 0.6) is 0 Å². The van der Waals surface area contributed by atoms with Gasteiger partial charge in [-0.2, -0.15) is 9.40 Å². The predicted octanol–water partition coefficient (Wildman–Crippen LogP) is 6.52. The van der Waals surface area contributed by atoms with E-state index in [1.54, 1.807) is 16.4 Å². The summed E-state index contributed by atoms with van der Waals surface area (Å²) in [5, 5.41) is 5.73. The van der Waals surface area contributed by atoms with Crippen LogP contribution in [-0.4, -0.2) is 90.3 Å². The molecule has 46 heavy (non-hydrogen) atoms. The Balaban J connectivity index is 1.15. The van der Waals surface area contributed by atoms with Crippen molar-refractivity contribution in [3.63, 3.8) is 0 Å². The molecule has 2 aliphatic heterocycles. The lowest BCUT2D eigenvalue weighted by molar-refractivity contribution is 0.0205. The average Bonchev–Trinajstić information content (AvgIpc) is 3.49. The minimum atomic E-state index is -3.55. The Morgan fingerprint density at radius 2 is 1.52 bits per heavy atom. The predicted molar refractivity (Wildman–Crippen MR) is 182 cm³/mol. The number of piperidine rings is 2. The molecule has 1 aromatic heterocycles. The summed E-state index contributed by atoms with van der Waals surface area (Å²) in [5.41, 5.74) is 4.77. The lowest BCUT2D eigenvalue weighted by Gasteiger charge is -2.34. The number of hydrogen-bond donors (Lipinski definition) is 0. The zero-order chi connectivity index (χ0) is 32.6. The number of benzene rings is 3. The van der Waals surface area contributed by atoms with E-state index in [1.807, 2.05) is 74.9 Å². The molecule has 3 aromatic carbocycles. The van der Waals surface area contributed by atoms with Crippen LogP contribution in [0.4, 0.5) is 4.79 Å². The van der Waals surface area contributed by atoms with Crippen molar-refractivity contribution in [1.82, 2.24) is 23.9 Å². The SMILES string of the molecule is CN(C)C1CCN(S(=O)(=O)c2ccc(-n3ncc4c(-c5ccc(C6CCN(C(=O)OC(C)(C)C)CC6)cc5)cccc43)cc2)CC1. The highest BCUT2D eigenvalue weighted by atomic mass is 32.2. The molecule has 0 unspecified atom stereocenters. The van der Waals surface area contributed by atoms with Crippen molar-refractivity contribution in [3.8, 4) is 16.8 Å². The van der Waals surface area contributed by atoms with Crippen molar-refractivity contribution in [2.75, 3.05) is 40.3 Å². The summed E-state index contributed by atoms with van der Waals surface area (Å²) in [6.07, 6.45) is 5.15. The van der Waals surface area contributed by atoms with Crippen LogP contribution in [0.25, 0.3) is 27.7 Å². The maximum atomic E-state index is 13.4. The van der Waals surface area contributed by atoms with Crippen LogP contribution in [-0.2, 0) is 14.8 Å². The van der Waals surface area contributed by atoms with Gasteiger partial charge in [-0.1, -0.05) is 36.4 Å². The molecular formula is C36H45N5O4S. The van der Waals surface area contributed by atoms with Crippen molar-refractivity contribution in [2.24, 2.45) is 0 Å². The second-order valence-electron chi connectivity index (χ2n) is 13.8. The molecule has 2 fully saturated rings. The van der Waals surface area contributed by atoms with E-state index < -0.39 is 15.6 Å². The minimum absolute atomic E-state index is 0.230. The van der Waals surface area contributed by atoms with Gasteiger partial charge in [-0.05, 0) is 113 Å². The number of rotatable bonds is 6. The molecule has 2 aliphatic rings. The Bertz CT molecular complexity index is 1780. The number of sulfonamides is 1. The number of aromatic nitrogens is 2. The number of carbonyl (C=O) groups excluding carboxylic acids is 1. The van der Waals surface area contributed by atoms with E-state index in [2.05, 4.69) is 35.2 Å². The van der Waals surface area contributed by atoms with Gasteiger partial charge in [0.2, 0.25) is 10.0 Å². The Morgan fingerprint density at radius 3 is 2.13 bits per heavy atom. The molecule has 9 nitrogen and oxygen atoms in total. The fourth-order valence-electron chi connectivity index (χ4n) is 6.67. The van der Waals surface area contributed by atoms with Crippen LogP contribution < -0.4 is 0 Å². The zero-order valence-corrected chi connectivity index (χ0v) is 28.3. The maximum Gasteiger partial charge on any atom is 0.410 e. The molecule has 4 aromatic rings. The molecule has 0 N–H and O–H groups in total. The van der Waals surface area contributed by atoms with Crippen molar-refractivity contribution >= 4 is 27.0 Å². The Kier molecular flexibility index (Phi) is 8.98. The number of carbonyl (C=O) groups is 1. The highest BCUT2D eigenvalue weighted by Gasteiger charge is 2.30. The van der Waals surface area contributed by atoms with Crippen molar-refractivity contribution in [2.45, 2.75) is 68.9 Å². The van der Waals surface area contributed by atoms with Gasteiger partial charge in [-0.3, -0.25) is 0 Å². The van der Waals surface area contributed by atoms with Crippen molar-refractivity contribution in [3.05, 3.63) is 78.5 Å². The van der Waals surface area contributed by atoms with Gasteiger partial charge in [-0.15, -0.1) is 0 Å². The van der Waals surface area contributed by atoms with Crippen molar-refractivity contribution in [1.29, 1.82) is 0 Å². The van der Waals surface area contributed by atoms with Crippen LogP contribution in [0.2, 0.25) is 0 Å². The summed E-state index contributed by atoms with van der Waals surface area (Å²) in [5.74, 6) is 0.405. The van der Waals surface area contributed by atoms with Gasteiger partial charge >= 0.3 is 6.09 Å². The number of fused-ring (bicyclic) bond motifs is 1. The highest BCUT2D eigenvalue weighted by molar-refractivity contribution is 7.89. The molecule has 0 atom stereocenters. The second kappa shape index (κ2) is 12.8. The molecule has 10 heteroatoms. The van der Waals surface area contributed by atoms with Crippen LogP contribution in [0.1, 0.15) is 57.9 Å². The van der Waals surface area contributed by atoms with Gasteiger partial charge in [0.25, 0.3) is 0 Å². The first-order valence-electron chi connectivity index (χ1n) is 16.2. The van der Waals surface area contributed by atoms with Gasteiger partial charge < -0.3 is 14.5 Å². The Hall–Kier alpha value is -3.73. The van der Waals surface area contributed by atoms with E-state index in [0.29, 0.717) is 43.0 Å². The van der Waals surface area contributed by atoms with Crippen LogP contribution in [0.3, 0.4) is 0 Å². The third kappa shape index (κ3) is 6.70. The van der Waals surface area contributed by atoms with E-state index in [-0.39, 0.29) is 6.09 Å². The molecule has 3 heterocycles. The second-order valence-corrected chi connectivity index (χ2v) is 15.7. The molecule has 0 bridgehead atoms.